The van der Waals surface area contributed by atoms with Gasteiger partial charge in [0.15, 0.2) is 0 Å². The topological polar surface area (TPSA) is 69.6 Å². The van der Waals surface area contributed by atoms with Crippen molar-refractivity contribution in [3.05, 3.63) is 29.6 Å². The standard InChI is InChI=1S/C13H15FN2O3S/c1-8-6-9(14)2-3-10(8)15-13(19)16-4-5-20-7-11(16)12(17)18/h2-3,6,11H,4-5,7H2,1H3,(H,15,19)(H,17,18). The van der Waals surface area contributed by atoms with Crippen LogP contribution in [0.2, 0.25) is 0 Å². The van der Waals surface area contributed by atoms with Gasteiger partial charge in [0.25, 0.3) is 0 Å². The largest absolute Gasteiger partial charge is 0.480 e. The SMILES string of the molecule is Cc1cc(F)ccc1NC(=O)N1CCSCC1C(=O)O. The van der Waals surface area contributed by atoms with Gasteiger partial charge < -0.3 is 15.3 Å². The number of carboxylic acids is 1. The Hall–Kier alpha value is -1.76. The summed E-state index contributed by atoms with van der Waals surface area (Å²) in [6.07, 6.45) is 0. The lowest BCUT2D eigenvalue weighted by Crippen LogP contribution is -2.51. The molecule has 2 amide bonds. The van der Waals surface area contributed by atoms with Crippen molar-refractivity contribution in [1.82, 2.24) is 4.90 Å². The summed E-state index contributed by atoms with van der Waals surface area (Å²) < 4.78 is 13.0. The second-order valence-electron chi connectivity index (χ2n) is 4.51. The van der Waals surface area contributed by atoms with Crippen LogP contribution >= 0.6 is 11.8 Å². The molecule has 2 rings (SSSR count). The highest BCUT2D eigenvalue weighted by atomic mass is 32.2. The number of hydrogen-bond acceptors (Lipinski definition) is 3. The number of amides is 2. The van der Waals surface area contributed by atoms with E-state index in [2.05, 4.69) is 5.32 Å². The van der Waals surface area contributed by atoms with Crippen LogP contribution in [0.5, 0.6) is 0 Å². The van der Waals surface area contributed by atoms with Gasteiger partial charge in [-0.25, -0.2) is 14.0 Å². The Morgan fingerprint density at radius 3 is 2.90 bits per heavy atom. The van der Waals surface area contributed by atoms with Crippen molar-refractivity contribution < 1.29 is 19.1 Å². The van der Waals surface area contributed by atoms with Crippen molar-refractivity contribution in [2.75, 3.05) is 23.4 Å². The zero-order valence-electron chi connectivity index (χ0n) is 10.9. The minimum Gasteiger partial charge on any atom is -0.480 e. The summed E-state index contributed by atoms with van der Waals surface area (Å²) in [6.45, 7) is 2.06. The van der Waals surface area contributed by atoms with Gasteiger partial charge in [-0.05, 0) is 30.7 Å². The van der Waals surface area contributed by atoms with E-state index in [1.807, 2.05) is 0 Å². The van der Waals surface area contributed by atoms with Crippen LogP contribution < -0.4 is 5.32 Å². The molecule has 20 heavy (non-hydrogen) atoms. The molecule has 2 N–H and O–H groups in total. The van der Waals surface area contributed by atoms with Crippen molar-refractivity contribution in [3.8, 4) is 0 Å². The van der Waals surface area contributed by atoms with Gasteiger partial charge >= 0.3 is 12.0 Å². The Morgan fingerprint density at radius 1 is 1.50 bits per heavy atom. The highest BCUT2D eigenvalue weighted by molar-refractivity contribution is 7.99. The number of hydrogen-bond donors (Lipinski definition) is 2. The lowest BCUT2D eigenvalue weighted by Gasteiger charge is -2.32. The molecule has 0 saturated carbocycles. The fourth-order valence-electron chi connectivity index (χ4n) is 2.01. The van der Waals surface area contributed by atoms with Gasteiger partial charge in [-0.2, -0.15) is 11.8 Å². The van der Waals surface area contributed by atoms with Crippen LogP contribution in [-0.2, 0) is 4.79 Å². The summed E-state index contributed by atoms with van der Waals surface area (Å²) in [4.78, 5) is 24.6. The minimum absolute atomic E-state index is 0.377. The smallest absolute Gasteiger partial charge is 0.327 e. The number of benzene rings is 1. The van der Waals surface area contributed by atoms with Crippen LogP contribution in [0.3, 0.4) is 0 Å². The summed E-state index contributed by atoms with van der Waals surface area (Å²) in [7, 11) is 0. The van der Waals surface area contributed by atoms with E-state index in [0.717, 1.165) is 0 Å². The Kier molecular flexibility index (Phi) is 4.49. The first kappa shape index (κ1) is 14.6. The van der Waals surface area contributed by atoms with E-state index < -0.39 is 18.0 Å². The number of carboxylic acid groups (broad SMARTS) is 1. The van der Waals surface area contributed by atoms with Crippen LogP contribution in [-0.4, -0.2) is 46.1 Å². The predicted molar refractivity (Wildman–Crippen MR) is 75.6 cm³/mol. The lowest BCUT2D eigenvalue weighted by molar-refractivity contribution is -0.141. The number of nitrogens with zero attached hydrogens (tertiary/aromatic N) is 1. The first-order valence-electron chi connectivity index (χ1n) is 6.13. The molecule has 1 heterocycles. The lowest BCUT2D eigenvalue weighted by atomic mass is 10.2. The summed E-state index contributed by atoms with van der Waals surface area (Å²) in [6, 6.07) is 2.75. The maximum absolute atomic E-state index is 13.0. The number of nitrogens with one attached hydrogen (secondary N) is 1. The monoisotopic (exact) mass is 298 g/mol. The molecular weight excluding hydrogens is 283 g/mol. The normalized spacial score (nSPS) is 18.7. The molecule has 0 spiro atoms. The van der Waals surface area contributed by atoms with E-state index in [9.17, 15) is 14.0 Å². The number of anilines is 1. The van der Waals surface area contributed by atoms with Gasteiger partial charge in [0.05, 0.1) is 0 Å². The molecule has 1 fully saturated rings. The number of halogens is 1. The quantitative estimate of drug-likeness (QED) is 0.878. The van der Waals surface area contributed by atoms with E-state index in [1.165, 1.54) is 34.9 Å². The molecule has 1 unspecified atom stereocenters. The molecule has 108 valence electrons. The molecule has 1 aromatic carbocycles. The molecule has 1 atom stereocenters. The molecule has 1 aromatic rings. The van der Waals surface area contributed by atoms with Gasteiger partial charge in [-0.15, -0.1) is 0 Å². The van der Waals surface area contributed by atoms with Crippen LogP contribution in [0.1, 0.15) is 5.56 Å². The number of carbonyl (C=O) groups excluding carboxylic acids is 1. The van der Waals surface area contributed by atoms with E-state index in [-0.39, 0.29) is 5.82 Å². The third-order valence-corrected chi connectivity index (χ3v) is 4.13. The summed E-state index contributed by atoms with van der Waals surface area (Å²) >= 11 is 1.51. The van der Waals surface area contributed by atoms with Crippen molar-refractivity contribution in [2.45, 2.75) is 13.0 Å². The van der Waals surface area contributed by atoms with Crippen LogP contribution in [0, 0.1) is 12.7 Å². The van der Waals surface area contributed by atoms with Crippen molar-refractivity contribution in [1.29, 1.82) is 0 Å². The van der Waals surface area contributed by atoms with Gasteiger partial charge in [0.2, 0.25) is 0 Å². The Bertz CT molecular complexity index is 538. The number of rotatable bonds is 2. The average molecular weight is 298 g/mol. The maximum Gasteiger partial charge on any atom is 0.327 e. The number of thioether (sulfide) groups is 1. The third-order valence-electron chi connectivity index (χ3n) is 3.10. The molecule has 1 saturated heterocycles. The molecule has 0 aliphatic carbocycles. The first-order chi connectivity index (χ1) is 9.49. The molecule has 0 bridgehead atoms. The van der Waals surface area contributed by atoms with Crippen LogP contribution in [0.25, 0.3) is 0 Å². The van der Waals surface area contributed by atoms with Gasteiger partial charge in [-0.1, -0.05) is 0 Å². The molecule has 5 nitrogen and oxygen atoms in total. The van der Waals surface area contributed by atoms with Gasteiger partial charge in [0.1, 0.15) is 11.9 Å². The summed E-state index contributed by atoms with van der Waals surface area (Å²) in [5.41, 5.74) is 1.08. The Morgan fingerprint density at radius 2 is 2.25 bits per heavy atom. The molecule has 0 aromatic heterocycles. The second kappa shape index (κ2) is 6.13. The van der Waals surface area contributed by atoms with E-state index in [1.54, 1.807) is 6.92 Å². The first-order valence-corrected chi connectivity index (χ1v) is 7.29. The zero-order valence-corrected chi connectivity index (χ0v) is 11.7. The number of aliphatic carboxylic acids is 1. The number of carbonyl (C=O) groups is 2. The third kappa shape index (κ3) is 3.22. The van der Waals surface area contributed by atoms with Crippen molar-refractivity contribution >= 4 is 29.4 Å². The predicted octanol–water partition coefficient (Wildman–Crippen LogP) is 2.17. The van der Waals surface area contributed by atoms with Gasteiger partial charge in [-0.3, -0.25) is 0 Å². The molecule has 0 radical (unpaired) electrons. The van der Waals surface area contributed by atoms with Crippen molar-refractivity contribution in [3.63, 3.8) is 0 Å². The molecule has 1 aliphatic rings. The van der Waals surface area contributed by atoms with Crippen LogP contribution in [0.4, 0.5) is 14.9 Å². The van der Waals surface area contributed by atoms with Crippen LogP contribution in [0.15, 0.2) is 18.2 Å². The number of aryl methyl sites for hydroxylation is 1. The highest BCUT2D eigenvalue weighted by Gasteiger charge is 2.32. The van der Waals surface area contributed by atoms with Gasteiger partial charge in [0, 0.05) is 23.7 Å². The maximum atomic E-state index is 13.0. The fraction of sp³-hybridized carbons (Fsp3) is 0.385. The fourth-order valence-corrected chi connectivity index (χ4v) is 3.04. The highest BCUT2D eigenvalue weighted by Crippen LogP contribution is 2.20. The minimum atomic E-state index is -1.01. The molecular formula is C13H15FN2O3S. The molecule has 7 heteroatoms. The Balaban J connectivity index is 2.12. The zero-order chi connectivity index (χ0) is 14.7. The summed E-state index contributed by atoms with van der Waals surface area (Å²) in [5.74, 6) is -0.299. The van der Waals surface area contributed by atoms with E-state index in [4.69, 9.17) is 5.11 Å². The molecule has 1 aliphatic heterocycles. The average Bonchev–Trinajstić information content (AvgIpc) is 2.41. The second-order valence-corrected chi connectivity index (χ2v) is 5.66. The van der Waals surface area contributed by atoms with E-state index >= 15 is 0 Å². The van der Waals surface area contributed by atoms with Crippen molar-refractivity contribution in [2.24, 2.45) is 0 Å². The Labute approximate surface area is 120 Å². The van der Waals surface area contributed by atoms with E-state index in [0.29, 0.717) is 29.3 Å². The summed E-state index contributed by atoms with van der Waals surface area (Å²) in [5, 5.41) is 11.8. The number of urea groups is 1.